The van der Waals surface area contributed by atoms with E-state index in [1.807, 2.05) is 4.90 Å². The molecule has 1 amide bonds. The lowest BCUT2D eigenvalue weighted by Crippen LogP contribution is -2.43. The minimum absolute atomic E-state index is 0.0514. The molecule has 5 heterocycles. The first-order valence-corrected chi connectivity index (χ1v) is 22.9. The van der Waals surface area contributed by atoms with E-state index < -0.39 is 43.1 Å². The molecule has 0 unspecified atom stereocenters. The second kappa shape index (κ2) is 15.4. The number of hydrogen-bond acceptors (Lipinski definition) is 9. The normalized spacial score (nSPS) is 23.9. The Morgan fingerprint density at radius 2 is 1.83 bits per heavy atom. The number of benzene rings is 2. The zero-order chi connectivity index (χ0) is 42.0. The molecule has 1 aliphatic carbocycles. The molecule has 4 atom stereocenters. The predicted molar refractivity (Wildman–Crippen MR) is 223 cm³/mol. The van der Waals surface area contributed by atoms with Gasteiger partial charge in [0.2, 0.25) is 0 Å². The van der Waals surface area contributed by atoms with Gasteiger partial charge in [-0.2, -0.15) is 9.97 Å². The molecule has 8 rings (SSSR count). The Bertz CT molecular complexity index is 2350. The van der Waals surface area contributed by atoms with E-state index in [2.05, 4.69) is 68.2 Å². The number of amides is 1. The van der Waals surface area contributed by atoms with Crippen molar-refractivity contribution >= 4 is 41.7 Å². The average Bonchev–Trinajstić information content (AvgIpc) is 3.40. The summed E-state index contributed by atoms with van der Waals surface area (Å²) in [6, 6.07) is 6.29. The topological polar surface area (TPSA) is 122 Å². The first-order valence-electron chi connectivity index (χ1n) is 20.7. The van der Waals surface area contributed by atoms with E-state index in [0.717, 1.165) is 19.4 Å². The Kier molecular flexibility index (Phi) is 10.7. The number of carboxylic acid groups (broad SMARTS) is 1. The lowest BCUT2D eigenvalue weighted by atomic mass is 9.95. The SMILES string of the molecule is COCOc1cc(-c2ncc3c(N4C[C@H]5C[C@@]5(NC(=O)O)C4)nc(OC[C@@]45CCCN4C[C@H](F)C5)nc3c2F)c2c(C#C[Si](C(C)C)(C(C)C)C(C)C)c(F)ccc2c1. The third-order valence-corrected chi connectivity index (χ3v) is 19.9. The Balaban J connectivity index is 1.30. The van der Waals surface area contributed by atoms with Crippen LogP contribution in [0.1, 0.15) is 72.8 Å². The molecule has 4 aromatic rings. The fourth-order valence-corrected chi connectivity index (χ4v) is 16.0. The molecule has 2 aromatic carbocycles. The van der Waals surface area contributed by atoms with Gasteiger partial charge in [-0.15, -0.1) is 5.54 Å². The Labute approximate surface area is 344 Å². The number of ether oxygens (including phenoxy) is 3. The number of fused-ring (bicyclic) bond motifs is 4. The number of methoxy groups -OCH3 is 1. The van der Waals surface area contributed by atoms with Gasteiger partial charge in [0.05, 0.1) is 22.0 Å². The van der Waals surface area contributed by atoms with Crippen molar-refractivity contribution in [2.24, 2.45) is 5.92 Å². The molecule has 0 radical (unpaired) electrons. The zero-order valence-corrected chi connectivity index (χ0v) is 35.8. The van der Waals surface area contributed by atoms with Crippen LogP contribution in [0, 0.1) is 29.0 Å². The monoisotopic (exact) mass is 830 g/mol. The first-order chi connectivity index (χ1) is 28.1. The van der Waals surface area contributed by atoms with E-state index in [9.17, 15) is 14.3 Å². The number of alkyl halides is 1. The van der Waals surface area contributed by atoms with Crippen LogP contribution < -0.4 is 19.7 Å². The summed E-state index contributed by atoms with van der Waals surface area (Å²) in [7, 11) is -0.824. The van der Waals surface area contributed by atoms with Gasteiger partial charge in [-0.05, 0) is 66.0 Å². The second-order valence-corrected chi connectivity index (χ2v) is 23.5. The third kappa shape index (κ3) is 7.14. The van der Waals surface area contributed by atoms with E-state index >= 15 is 8.78 Å². The number of halogens is 3. The Morgan fingerprint density at radius 3 is 2.54 bits per heavy atom. The summed E-state index contributed by atoms with van der Waals surface area (Å²) in [5.41, 5.74) is 3.64. The van der Waals surface area contributed by atoms with Gasteiger partial charge in [-0.25, -0.2) is 18.0 Å². The van der Waals surface area contributed by atoms with Crippen LogP contribution in [0.15, 0.2) is 30.5 Å². The first kappa shape index (κ1) is 41.1. The van der Waals surface area contributed by atoms with Gasteiger partial charge in [0.15, 0.2) is 12.6 Å². The predicted octanol–water partition coefficient (Wildman–Crippen LogP) is 8.48. The van der Waals surface area contributed by atoms with Gasteiger partial charge in [-0.1, -0.05) is 53.5 Å². The van der Waals surface area contributed by atoms with E-state index in [4.69, 9.17) is 24.2 Å². The Hall–Kier alpha value is -4.65. The minimum atomic E-state index is -2.32. The van der Waals surface area contributed by atoms with Crippen molar-refractivity contribution in [3.05, 3.63) is 47.7 Å². The molecular formula is C44H53F3N6O5Si. The second-order valence-electron chi connectivity index (χ2n) is 17.9. The largest absolute Gasteiger partial charge is 0.468 e. The highest BCUT2D eigenvalue weighted by Gasteiger charge is 2.61. The molecule has 3 aliphatic heterocycles. The van der Waals surface area contributed by atoms with Crippen molar-refractivity contribution in [1.29, 1.82) is 0 Å². The molecule has 59 heavy (non-hydrogen) atoms. The Morgan fingerprint density at radius 1 is 1.07 bits per heavy atom. The van der Waals surface area contributed by atoms with Crippen LogP contribution in [-0.4, -0.2) is 103 Å². The van der Waals surface area contributed by atoms with Crippen LogP contribution in [0.3, 0.4) is 0 Å². The van der Waals surface area contributed by atoms with Crippen molar-refractivity contribution < 1.29 is 37.3 Å². The summed E-state index contributed by atoms with van der Waals surface area (Å²) in [6.07, 6.45) is 2.13. The molecule has 1 saturated carbocycles. The van der Waals surface area contributed by atoms with Gasteiger partial charge in [-0.3, -0.25) is 9.88 Å². The van der Waals surface area contributed by atoms with Gasteiger partial charge in [0.1, 0.15) is 49.4 Å². The van der Waals surface area contributed by atoms with E-state index in [-0.39, 0.29) is 47.7 Å². The van der Waals surface area contributed by atoms with Crippen LogP contribution in [0.5, 0.6) is 11.8 Å². The number of piperidine rings is 1. The molecule has 0 bridgehead atoms. The molecule has 4 aliphatic rings. The molecule has 15 heteroatoms. The smallest absolute Gasteiger partial charge is 0.405 e. The quantitative estimate of drug-likeness (QED) is 0.0817. The molecule has 4 fully saturated rings. The number of nitrogens with one attached hydrogen (secondary N) is 1. The van der Waals surface area contributed by atoms with E-state index in [1.165, 1.54) is 19.4 Å². The fourth-order valence-electron chi connectivity index (χ4n) is 10.8. The van der Waals surface area contributed by atoms with Crippen molar-refractivity contribution in [2.45, 2.75) is 101 Å². The number of nitrogens with zero attached hydrogens (tertiary/aromatic N) is 5. The molecular weight excluding hydrogens is 778 g/mol. The number of hydrogen-bond donors (Lipinski definition) is 2. The van der Waals surface area contributed by atoms with Crippen LogP contribution in [0.4, 0.5) is 23.8 Å². The number of carbonyl (C=O) groups is 1. The summed E-state index contributed by atoms with van der Waals surface area (Å²) in [5.74, 6) is 2.76. The number of aromatic nitrogens is 3. The van der Waals surface area contributed by atoms with Crippen molar-refractivity contribution in [1.82, 2.24) is 25.2 Å². The number of pyridine rings is 1. The maximum Gasteiger partial charge on any atom is 0.405 e. The lowest BCUT2D eigenvalue weighted by Gasteiger charge is -2.38. The summed E-state index contributed by atoms with van der Waals surface area (Å²) < 4.78 is 66.0. The molecule has 3 saturated heterocycles. The molecule has 2 N–H and O–H groups in total. The lowest BCUT2D eigenvalue weighted by molar-refractivity contribution is 0.0512. The molecule has 2 aromatic heterocycles. The minimum Gasteiger partial charge on any atom is -0.468 e. The highest BCUT2D eigenvalue weighted by atomic mass is 28.3. The van der Waals surface area contributed by atoms with Gasteiger partial charge in [0.25, 0.3) is 0 Å². The molecule has 11 nitrogen and oxygen atoms in total. The highest BCUT2D eigenvalue weighted by Crippen LogP contribution is 2.51. The van der Waals surface area contributed by atoms with Crippen molar-refractivity contribution in [2.75, 3.05) is 51.6 Å². The molecule has 0 spiro atoms. The average molecular weight is 831 g/mol. The summed E-state index contributed by atoms with van der Waals surface area (Å²) in [6.45, 7) is 15.1. The third-order valence-electron chi connectivity index (χ3n) is 13.6. The van der Waals surface area contributed by atoms with Crippen molar-refractivity contribution in [3.63, 3.8) is 0 Å². The van der Waals surface area contributed by atoms with Gasteiger partial charge in [0, 0.05) is 56.2 Å². The summed E-state index contributed by atoms with van der Waals surface area (Å²) in [4.78, 5) is 29.9. The number of anilines is 1. The van der Waals surface area contributed by atoms with Crippen LogP contribution in [0.2, 0.25) is 16.6 Å². The van der Waals surface area contributed by atoms with Gasteiger partial charge >= 0.3 is 12.1 Å². The highest BCUT2D eigenvalue weighted by molar-refractivity contribution is 6.90. The van der Waals surface area contributed by atoms with Crippen LogP contribution in [0.25, 0.3) is 32.9 Å². The number of rotatable bonds is 12. The van der Waals surface area contributed by atoms with Crippen LogP contribution >= 0.6 is 0 Å². The van der Waals surface area contributed by atoms with Crippen LogP contribution in [-0.2, 0) is 4.74 Å². The van der Waals surface area contributed by atoms with Gasteiger partial charge < -0.3 is 29.5 Å². The molecule has 314 valence electrons. The summed E-state index contributed by atoms with van der Waals surface area (Å²) in [5, 5.41) is 13.5. The van der Waals surface area contributed by atoms with Crippen molar-refractivity contribution in [3.8, 4) is 34.5 Å². The maximum absolute atomic E-state index is 17.6. The summed E-state index contributed by atoms with van der Waals surface area (Å²) >= 11 is 0. The fraction of sp³-hybridized carbons (Fsp3) is 0.545. The maximum atomic E-state index is 17.6. The zero-order valence-electron chi connectivity index (χ0n) is 34.8. The van der Waals surface area contributed by atoms with E-state index in [1.54, 1.807) is 18.2 Å². The van der Waals surface area contributed by atoms with E-state index in [0.29, 0.717) is 76.8 Å². The standard InChI is InChI=1S/C44H53F3N6O5Si/c1-25(2)59(26(3)4,27(5)6)14-11-32-35(46)10-9-28-15-31(58-24-56-7)16-33(36(28)32)38-37(47)39-34(19-48-38)40(52-20-29-17-44(29,22-52)51-42(54)55)50-41(49-39)57-23-43-12-8-13-53(43)21-30(45)18-43/h9-10,15-16,19,25-27,29-30,51H,8,12-13,17-18,20-24H2,1-7H3,(H,54,55)/t29-,30-,43+,44-/m1/s1.